The van der Waals surface area contributed by atoms with Gasteiger partial charge in [-0.1, -0.05) is 54.3 Å². The molecule has 0 spiro atoms. The average molecular weight is 430 g/mol. The predicted molar refractivity (Wildman–Crippen MR) is 122 cm³/mol. The van der Waals surface area contributed by atoms with Crippen LogP contribution in [0.3, 0.4) is 0 Å². The van der Waals surface area contributed by atoms with E-state index >= 15 is 0 Å². The first-order chi connectivity index (χ1) is 15.5. The van der Waals surface area contributed by atoms with E-state index < -0.39 is 17.5 Å². The number of rotatable bonds is 5. The zero-order valence-electron chi connectivity index (χ0n) is 17.6. The van der Waals surface area contributed by atoms with Crippen molar-refractivity contribution in [3.05, 3.63) is 107 Å². The van der Waals surface area contributed by atoms with Crippen molar-refractivity contribution >= 4 is 10.8 Å². The standard InChI is InChI=1S/C28H21F3O/c1-32-16-2-3-19-4-8-21(9-5-19)23-12-11-22(27(30)18-23)10-6-20-7-14-25-24(17-20)13-15-26(29)28(25)31/h4-5,7-9,11-15,17-18H,2-3,16H2,1H3. The molecule has 4 heteroatoms. The van der Waals surface area contributed by atoms with Crippen molar-refractivity contribution in [2.75, 3.05) is 13.7 Å². The normalized spacial score (nSPS) is 10.8. The summed E-state index contributed by atoms with van der Waals surface area (Å²) in [6, 6.07) is 20.3. The van der Waals surface area contributed by atoms with E-state index in [0.717, 1.165) is 36.6 Å². The fraction of sp³-hybridized carbons (Fsp3) is 0.143. The third-order valence-corrected chi connectivity index (χ3v) is 5.32. The van der Waals surface area contributed by atoms with Gasteiger partial charge in [0, 0.05) is 24.7 Å². The van der Waals surface area contributed by atoms with Gasteiger partial charge in [0.05, 0.1) is 5.56 Å². The fourth-order valence-electron chi connectivity index (χ4n) is 3.56. The van der Waals surface area contributed by atoms with Crippen molar-refractivity contribution < 1.29 is 17.9 Å². The van der Waals surface area contributed by atoms with Crippen LogP contribution in [-0.4, -0.2) is 13.7 Å². The van der Waals surface area contributed by atoms with Gasteiger partial charge >= 0.3 is 0 Å². The van der Waals surface area contributed by atoms with E-state index in [-0.39, 0.29) is 10.9 Å². The van der Waals surface area contributed by atoms with E-state index in [9.17, 15) is 13.2 Å². The molecule has 0 fully saturated rings. The van der Waals surface area contributed by atoms with Gasteiger partial charge in [-0.2, -0.15) is 0 Å². The van der Waals surface area contributed by atoms with E-state index in [4.69, 9.17) is 4.74 Å². The molecule has 0 N–H and O–H groups in total. The van der Waals surface area contributed by atoms with Crippen LogP contribution in [0.15, 0.2) is 72.8 Å². The Kier molecular flexibility index (Phi) is 6.58. The summed E-state index contributed by atoms with van der Waals surface area (Å²) < 4.78 is 46.9. The summed E-state index contributed by atoms with van der Waals surface area (Å²) in [4.78, 5) is 0. The lowest BCUT2D eigenvalue weighted by atomic mass is 10.0. The molecule has 0 unspecified atom stereocenters. The van der Waals surface area contributed by atoms with Gasteiger partial charge in [0.1, 0.15) is 5.82 Å². The topological polar surface area (TPSA) is 9.23 Å². The van der Waals surface area contributed by atoms with E-state index in [1.54, 1.807) is 25.3 Å². The quantitative estimate of drug-likeness (QED) is 0.247. The predicted octanol–water partition coefficient (Wildman–Crippen LogP) is 6.90. The van der Waals surface area contributed by atoms with E-state index in [0.29, 0.717) is 10.9 Å². The second-order valence-corrected chi connectivity index (χ2v) is 7.54. The maximum absolute atomic E-state index is 14.7. The molecule has 0 bridgehead atoms. The highest BCUT2D eigenvalue weighted by atomic mass is 19.2. The number of aryl methyl sites for hydroxylation is 1. The fourth-order valence-corrected chi connectivity index (χ4v) is 3.56. The minimum atomic E-state index is -0.890. The minimum absolute atomic E-state index is 0.191. The monoisotopic (exact) mass is 430 g/mol. The van der Waals surface area contributed by atoms with Gasteiger partial charge < -0.3 is 4.74 Å². The number of benzene rings is 4. The van der Waals surface area contributed by atoms with Gasteiger partial charge in [0.25, 0.3) is 0 Å². The van der Waals surface area contributed by atoms with E-state index in [1.807, 2.05) is 30.3 Å². The Morgan fingerprint density at radius 3 is 2.28 bits per heavy atom. The van der Waals surface area contributed by atoms with Crippen LogP contribution in [-0.2, 0) is 11.2 Å². The van der Waals surface area contributed by atoms with E-state index in [2.05, 4.69) is 11.8 Å². The third kappa shape index (κ3) is 4.85. The summed E-state index contributed by atoms with van der Waals surface area (Å²) in [6.07, 6.45) is 1.90. The van der Waals surface area contributed by atoms with Crippen molar-refractivity contribution in [1.29, 1.82) is 0 Å². The Morgan fingerprint density at radius 2 is 1.53 bits per heavy atom. The number of hydrogen-bond donors (Lipinski definition) is 0. The van der Waals surface area contributed by atoms with Crippen molar-refractivity contribution in [2.24, 2.45) is 0 Å². The first-order valence-electron chi connectivity index (χ1n) is 10.3. The lowest BCUT2D eigenvalue weighted by Crippen LogP contribution is -1.92. The Labute approximate surface area is 185 Å². The molecule has 4 rings (SSSR count). The van der Waals surface area contributed by atoms with Crippen molar-refractivity contribution in [3.8, 4) is 23.0 Å². The highest BCUT2D eigenvalue weighted by Gasteiger charge is 2.07. The Morgan fingerprint density at radius 1 is 0.750 bits per heavy atom. The maximum Gasteiger partial charge on any atom is 0.166 e. The van der Waals surface area contributed by atoms with Gasteiger partial charge in [-0.05, 0) is 65.3 Å². The number of ether oxygens (including phenoxy) is 1. The van der Waals surface area contributed by atoms with Crippen LogP contribution in [0.25, 0.3) is 21.9 Å². The zero-order valence-corrected chi connectivity index (χ0v) is 17.6. The van der Waals surface area contributed by atoms with Gasteiger partial charge in [0.2, 0.25) is 0 Å². The highest BCUT2D eigenvalue weighted by molar-refractivity contribution is 5.84. The summed E-state index contributed by atoms with van der Waals surface area (Å²) >= 11 is 0. The van der Waals surface area contributed by atoms with Crippen molar-refractivity contribution in [3.63, 3.8) is 0 Å². The van der Waals surface area contributed by atoms with E-state index in [1.165, 1.54) is 23.8 Å². The summed E-state index contributed by atoms with van der Waals surface area (Å²) in [5, 5.41) is 0.730. The van der Waals surface area contributed by atoms with Crippen molar-refractivity contribution in [1.82, 2.24) is 0 Å². The Bertz CT molecular complexity index is 1310. The van der Waals surface area contributed by atoms with Crippen LogP contribution in [0.4, 0.5) is 13.2 Å². The minimum Gasteiger partial charge on any atom is -0.385 e. The molecule has 0 aliphatic heterocycles. The molecule has 4 aromatic carbocycles. The molecule has 0 amide bonds. The van der Waals surface area contributed by atoms with Gasteiger partial charge in [0.15, 0.2) is 11.6 Å². The molecule has 160 valence electrons. The molecule has 0 heterocycles. The lowest BCUT2D eigenvalue weighted by Gasteiger charge is -2.06. The van der Waals surface area contributed by atoms with Gasteiger partial charge in [-0.15, -0.1) is 0 Å². The Hall–Kier alpha value is -3.55. The zero-order chi connectivity index (χ0) is 22.5. The molecular formula is C28H21F3O. The summed E-state index contributed by atoms with van der Waals surface area (Å²) in [6.45, 7) is 0.726. The first kappa shape index (κ1) is 21.7. The molecule has 4 aromatic rings. The molecule has 0 aliphatic rings. The van der Waals surface area contributed by atoms with Crippen LogP contribution < -0.4 is 0 Å². The molecule has 0 saturated carbocycles. The van der Waals surface area contributed by atoms with Crippen molar-refractivity contribution in [2.45, 2.75) is 12.8 Å². The van der Waals surface area contributed by atoms with Crippen LogP contribution in [0.1, 0.15) is 23.1 Å². The van der Waals surface area contributed by atoms with Crippen LogP contribution >= 0.6 is 0 Å². The number of fused-ring (bicyclic) bond motifs is 1. The molecule has 1 nitrogen and oxygen atoms in total. The molecular weight excluding hydrogens is 409 g/mol. The highest BCUT2D eigenvalue weighted by Crippen LogP contribution is 2.24. The smallest absolute Gasteiger partial charge is 0.166 e. The second-order valence-electron chi connectivity index (χ2n) is 7.54. The van der Waals surface area contributed by atoms with Gasteiger partial charge in [-0.25, -0.2) is 13.2 Å². The number of hydrogen-bond acceptors (Lipinski definition) is 1. The molecule has 0 radical (unpaired) electrons. The first-order valence-corrected chi connectivity index (χ1v) is 10.3. The molecule has 0 aliphatic carbocycles. The van der Waals surface area contributed by atoms with Crippen LogP contribution in [0.2, 0.25) is 0 Å². The molecule has 0 aromatic heterocycles. The summed E-state index contributed by atoms with van der Waals surface area (Å²) in [7, 11) is 1.69. The Balaban J connectivity index is 1.53. The third-order valence-electron chi connectivity index (χ3n) is 5.32. The summed E-state index contributed by atoms with van der Waals surface area (Å²) in [5.41, 5.74) is 3.79. The lowest BCUT2D eigenvalue weighted by molar-refractivity contribution is 0.195. The SMILES string of the molecule is COCCCc1ccc(-c2ccc(C#Cc3ccc4c(F)c(F)ccc4c3)c(F)c2)cc1. The van der Waals surface area contributed by atoms with Gasteiger partial charge in [-0.3, -0.25) is 0 Å². The molecule has 0 atom stereocenters. The van der Waals surface area contributed by atoms with Crippen LogP contribution in [0, 0.1) is 29.3 Å². The number of halogens is 3. The second kappa shape index (κ2) is 9.72. The molecule has 32 heavy (non-hydrogen) atoms. The maximum atomic E-state index is 14.7. The largest absolute Gasteiger partial charge is 0.385 e. The average Bonchev–Trinajstić information content (AvgIpc) is 2.81. The summed E-state index contributed by atoms with van der Waals surface area (Å²) in [5.74, 6) is 3.55. The number of methoxy groups -OCH3 is 1. The van der Waals surface area contributed by atoms with Crippen LogP contribution in [0.5, 0.6) is 0 Å². The molecule has 0 saturated heterocycles.